The summed E-state index contributed by atoms with van der Waals surface area (Å²) < 4.78 is 49.9. The van der Waals surface area contributed by atoms with E-state index in [9.17, 15) is 13.2 Å². The number of alkyl halides is 3. The van der Waals surface area contributed by atoms with Crippen LogP contribution < -0.4 is 11.5 Å². The highest BCUT2D eigenvalue weighted by Gasteiger charge is 2.27. The molecule has 6 aromatic rings. The molecular formula is C30H23F3N4OS3. The molecule has 0 aliphatic heterocycles. The van der Waals surface area contributed by atoms with Crippen molar-refractivity contribution in [3.05, 3.63) is 83.9 Å². The van der Waals surface area contributed by atoms with Gasteiger partial charge in [-0.25, -0.2) is 4.39 Å². The van der Waals surface area contributed by atoms with Gasteiger partial charge in [-0.1, -0.05) is 36.4 Å². The molecule has 5 nitrogen and oxygen atoms in total. The van der Waals surface area contributed by atoms with E-state index in [1.807, 2.05) is 36.4 Å². The number of rotatable bonds is 6. The predicted molar refractivity (Wildman–Crippen MR) is 164 cm³/mol. The van der Waals surface area contributed by atoms with Crippen LogP contribution in [-0.4, -0.2) is 13.9 Å². The van der Waals surface area contributed by atoms with Crippen molar-refractivity contribution < 1.29 is 18.3 Å². The molecule has 0 saturated heterocycles. The Balaban J connectivity index is 1.38. The number of nitrogens with zero attached hydrogens (tertiary/aromatic N) is 2. The molecule has 208 valence electrons. The quantitative estimate of drug-likeness (QED) is 0.164. The van der Waals surface area contributed by atoms with Gasteiger partial charge in [-0.2, -0.15) is 17.5 Å². The summed E-state index contributed by atoms with van der Waals surface area (Å²) in [5.41, 5.74) is 17.1. The molecule has 0 unspecified atom stereocenters. The van der Waals surface area contributed by atoms with Crippen LogP contribution in [0.25, 0.3) is 52.8 Å². The third kappa shape index (κ3) is 4.99. The van der Waals surface area contributed by atoms with Crippen molar-refractivity contribution >= 4 is 56.8 Å². The Morgan fingerprint density at radius 2 is 1.00 bits per heavy atom. The molecule has 0 aliphatic carbocycles. The van der Waals surface area contributed by atoms with Gasteiger partial charge in [0.25, 0.3) is 0 Å². The Hall–Kier alpha value is -3.77. The van der Waals surface area contributed by atoms with Crippen molar-refractivity contribution in [3.63, 3.8) is 0 Å². The lowest BCUT2D eigenvalue weighted by Gasteiger charge is -2.14. The standard InChI is InChI=1S/C30H23F3N4OS3/c1-29(2,31)17-7-3-15(4-8-17)19-11-13-21(39-19)23-25(34)26(35)24(28-27(23)36-41-37-28)22-14-12-20(40-22)16-5-9-18(10-6-16)30(32,33)38/h3-14,38H,34-35H2,1-2H3. The lowest BCUT2D eigenvalue weighted by Crippen LogP contribution is -2.10. The van der Waals surface area contributed by atoms with Crippen molar-refractivity contribution in [2.24, 2.45) is 0 Å². The van der Waals surface area contributed by atoms with E-state index in [-0.39, 0.29) is 0 Å². The first-order chi connectivity index (χ1) is 19.4. The molecule has 41 heavy (non-hydrogen) atoms. The van der Waals surface area contributed by atoms with Crippen molar-refractivity contribution in [2.75, 3.05) is 11.5 Å². The van der Waals surface area contributed by atoms with Crippen LogP contribution in [0.4, 0.5) is 24.5 Å². The summed E-state index contributed by atoms with van der Waals surface area (Å²) in [5, 5.41) is 8.96. The molecule has 11 heteroatoms. The summed E-state index contributed by atoms with van der Waals surface area (Å²) in [4.78, 5) is 3.52. The van der Waals surface area contributed by atoms with Gasteiger partial charge < -0.3 is 16.6 Å². The summed E-state index contributed by atoms with van der Waals surface area (Å²) in [6.07, 6.45) is -3.89. The third-order valence-electron chi connectivity index (χ3n) is 6.87. The van der Waals surface area contributed by atoms with E-state index in [0.29, 0.717) is 39.1 Å². The van der Waals surface area contributed by atoms with Gasteiger partial charge in [0.2, 0.25) is 0 Å². The minimum atomic E-state index is -3.89. The molecule has 0 fully saturated rings. The van der Waals surface area contributed by atoms with Crippen molar-refractivity contribution in [3.8, 4) is 41.8 Å². The molecule has 0 bridgehead atoms. The van der Waals surface area contributed by atoms with Crippen molar-refractivity contribution in [1.29, 1.82) is 0 Å². The number of aromatic nitrogens is 2. The molecule has 0 radical (unpaired) electrons. The van der Waals surface area contributed by atoms with Crippen LogP contribution in [0.2, 0.25) is 0 Å². The van der Waals surface area contributed by atoms with E-state index < -0.39 is 17.3 Å². The number of nitrogen functional groups attached to an aromatic ring is 2. The summed E-state index contributed by atoms with van der Waals surface area (Å²) in [6.45, 7) is 3.07. The third-order valence-corrected chi connectivity index (χ3v) is 9.70. The maximum atomic E-state index is 14.3. The fraction of sp³-hybridized carbons (Fsp3) is 0.133. The van der Waals surface area contributed by atoms with Crippen LogP contribution in [0.15, 0.2) is 72.8 Å². The van der Waals surface area contributed by atoms with E-state index >= 15 is 0 Å². The van der Waals surface area contributed by atoms with E-state index in [4.69, 9.17) is 16.6 Å². The van der Waals surface area contributed by atoms with E-state index in [1.165, 1.54) is 60.8 Å². The molecule has 5 N–H and O–H groups in total. The maximum Gasteiger partial charge on any atom is 0.380 e. The number of halogens is 3. The summed E-state index contributed by atoms with van der Waals surface area (Å²) in [5.74, 6) is 0. The second-order valence-corrected chi connectivity index (χ2v) is 12.7. The number of anilines is 2. The van der Waals surface area contributed by atoms with Gasteiger partial charge in [-0.05, 0) is 66.9 Å². The largest absolute Gasteiger partial charge is 0.396 e. The van der Waals surface area contributed by atoms with Gasteiger partial charge in [0.05, 0.1) is 28.7 Å². The Morgan fingerprint density at radius 1 is 0.610 bits per heavy atom. The normalized spacial score (nSPS) is 12.3. The number of aliphatic hydroxyl groups is 1. The molecule has 0 aliphatic rings. The van der Waals surface area contributed by atoms with Gasteiger partial charge in [-0.3, -0.25) is 0 Å². The average Bonchev–Trinajstić information content (AvgIpc) is 3.70. The molecule has 0 saturated carbocycles. The highest BCUT2D eigenvalue weighted by molar-refractivity contribution is 7.19. The first-order valence-electron chi connectivity index (χ1n) is 12.5. The van der Waals surface area contributed by atoms with E-state index in [0.717, 1.165) is 42.4 Å². The van der Waals surface area contributed by atoms with Crippen LogP contribution in [0, 0.1) is 0 Å². The maximum absolute atomic E-state index is 14.3. The molecular weight excluding hydrogens is 586 g/mol. The van der Waals surface area contributed by atoms with Crippen molar-refractivity contribution in [1.82, 2.24) is 8.75 Å². The van der Waals surface area contributed by atoms with Crippen LogP contribution >= 0.6 is 34.4 Å². The van der Waals surface area contributed by atoms with Gasteiger partial charge >= 0.3 is 6.11 Å². The molecule has 3 aromatic carbocycles. The lowest BCUT2D eigenvalue weighted by atomic mass is 9.98. The summed E-state index contributed by atoms with van der Waals surface area (Å²) >= 11 is 4.03. The zero-order valence-electron chi connectivity index (χ0n) is 21.8. The molecule has 0 spiro atoms. The van der Waals surface area contributed by atoms with Crippen LogP contribution in [0.5, 0.6) is 0 Å². The zero-order chi connectivity index (χ0) is 29.1. The van der Waals surface area contributed by atoms with E-state index in [1.54, 1.807) is 12.1 Å². The Labute approximate surface area is 245 Å². The van der Waals surface area contributed by atoms with Crippen LogP contribution in [0.3, 0.4) is 0 Å². The van der Waals surface area contributed by atoms with Crippen LogP contribution in [-0.2, 0) is 11.8 Å². The minimum absolute atomic E-state index is 0.383. The summed E-state index contributed by atoms with van der Waals surface area (Å²) in [6, 6.07) is 20.6. The molecule has 0 atom stereocenters. The van der Waals surface area contributed by atoms with E-state index in [2.05, 4.69) is 8.75 Å². The number of benzene rings is 3. The van der Waals surface area contributed by atoms with Gasteiger partial charge in [0, 0.05) is 30.6 Å². The lowest BCUT2D eigenvalue weighted by molar-refractivity contribution is -0.208. The first-order valence-corrected chi connectivity index (χ1v) is 14.8. The Morgan fingerprint density at radius 3 is 1.39 bits per heavy atom. The summed E-state index contributed by atoms with van der Waals surface area (Å²) in [7, 11) is 0. The van der Waals surface area contributed by atoms with Gasteiger partial charge in [0.1, 0.15) is 16.7 Å². The average molecular weight is 609 g/mol. The smallest absolute Gasteiger partial charge is 0.380 e. The number of hydrogen-bond donors (Lipinski definition) is 3. The zero-order valence-corrected chi connectivity index (χ0v) is 24.2. The monoisotopic (exact) mass is 608 g/mol. The minimum Gasteiger partial charge on any atom is -0.396 e. The molecule has 0 amide bonds. The molecule has 3 heterocycles. The molecule has 6 rings (SSSR count). The molecule has 3 aromatic heterocycles. The second-order valence-electron chi connectivity index (χ2n) is 10.0. The van der Waals surface area contributed by atoms with Gasteiger partial charge in [0.15, 0.2) is 0 Å². The van der Waals surface area contributed by atoms with Crippen molar-refractivity contribution in [2.45, 2.75) is 25.6 Å². The van der Waals surface area contributed by atoms with Gasteiger partial charge in [-0.15, -0.1) is 22.7 Å². The Kier molecular flexibility index (Phi) is 6.65. The SMILES string of the molecule is CC(C)(F)c1ccc(-c2ccc(-c3c(N)c(N)c(-c4ccc(-c5ccc(C(O)(F)F)cc5)s4)c4nsnc34)s2)cc1. The predicted octanol–water partition coefficient (Wildman–Crippen LogP) is 8.89. The topological polar surface area (TPSA) is 98.0 Å². The highest BCUT2D eigenvalue weighted by Crippen LogP contribution is 2.49. The number of hydrogen-bond acceptors (Lipinski definition) is 8. The first kappa shape index (κ1) is 27.4. The fourth-order valence-electron chi connectivity index (χ4n) is 4.66. The Bertz CT molecular complexity index is 1740. The fourth-order valence-corrected chi connectivity index (χ4v) is 7.36. The number of fused-ring (bicyclic) bond motifs is 1. The number of nitrogens with two attached hydrogens (primary N) is 2. The van der Waals surface area contributed by atoms with Crippen LogP contribution in [0.1, 0.15) is 25.0 Å². The number of thiophene rings is 2. The second kappa shape index (κ2) is 9.95. The highest BCUT2D eigenvalue weighted by atomic mass is 32.1.